The number of halogens is 1. The van der Waals surface area contributed by atoms with E-state index in [0.29, 0.717) is 0 Å². The zero-order valence-electron chi connectivity index (χ0n) is 17.2. The summed E-state index contributed by atoms with van der Waals surface area (Å²) in [5.41, 5.74) is -4.26. The van der Waals surface area contributed by atoms with Crippen LogP contribution >= 0.6 is 11.6 Å². The van der Waals surface area contributed by atoms with E-state index in [1.54, 1.807) is 6.92 Å². The first-order valence-electron chi connectivity index (χ1n) is 10.4. The van der Waals surface area contributed by atoms with Gasteiger partial charge in [0.1, 0.15) is 18.3 Å². The van der Waals surface area contributed by atoms with Crippen molar-refractivity contribution in [2.45, 2.75) is 86.0 Å². The highest BCUT2D eigenvalue weighted by molar-refractivity contribution is 6.20. The molecule has 0 saturated carbocycles. The number of Topliss-reactive ketones (excluding diaryl/α,β-unsaturated/α-hetero) is 1. The number of carbonyl (C=O) groups excluding carboxylic acids is 3. The van der Waals surface area contributed by atoms with Crippen LogP contribution in [0.4, 0.5) is 0 Å². The second-order valence-corrected chi connectivity index (χ2v) is 9.87. The summed E-state index contributed by atoms with van der Waals surface area (Å²) in [6.07, 6.45) is -3.79. The normalized spacial score (nSPS) is 53.1. The fourth-order valence-electron chi connectivity index (χ4n) is 5.89. The molecule has 10 nitrogen and oxygen atoms in total. The lowest BCUT2D eigenvalue weighted by atomic mass is 9.79. The maximum atomic E-state index is 12.7. The van der Waals surface area contributed by atoms with Crippen LogP contribution in [0.5, 0.6) is 0 Å². The molecule has 5 heterocycles. The van der Waals surface area contributed by atoms with Crippen molar-refractivity contribution in [3.63, 3.8) is 0 Å². The summed E-state index contributed by atoms with van der Waals surface area (Å²) < 4.78 is 27.9. The third-order valence-corrected chi connectivity index (χ3v) is 7.80. The fourth-order valence-corrected chi connectivity index (χ4v) is 6.27. The predicted molar refractivity (Wildman–Crippen MR) is 99.9 cm³/mol. The minimum atomic E-state index is -1.91. The Morgan fingerprint density at radius 2 is 2.00 bits per heavy atom. The number of rotatable bonds is 2. The molecule has 172 valence electrons. The Morgan fingerprint density at radius 1 is 1.26 bits per heavy atom. The molecule has 5 saturated heterocycles. The van der Waals surface area contributed by atoms with E-state index < -0.39 is 64.9 Å². The molecular weight excluding hydrogens is 436 g/mol. The van der Waals surface area contributed by atoms with E-state index in [4.69, 9.17) is 35.3 Å². The lowest BCUT2D eigenvalue weighted by molar-refractivity contribution is -0.241. The molecule has 31 heavy (non-hydrogen) atoms. The van der Waals surface area contributed by atoms with Crippen molar-refractivity contribution >= 4 is 29.3 Å². The largest absolute Gasteiger partial charge is 0.467 e. The van der Waals surface area contributed by atoms with Crippen LogP contribution in [0, 0.1) is 5.92 Å². The highest BCUT2D eigenvalue weighted by atomic mass is 35.5. The smallest absolute Gasteiger partial charge is 0.344 e. The topological polar surface area (TPSA) is 141 Å². The molecule has 0 aromatic carbocycles. The summed E-state index contributed by atoms with van der Waals surface area (Å²) in [5, 5.41) is 22.2. The SMILES string of the molecule is COC(=O)[C@@]1(CCl)O[C@@]2(O)C[C@H]1C[C@@H](O)[C@@]13O[C@@H]1[C@H](C[C@]1(C)CC(=O)[C@H](C2)O1)OC3=O. The minimum Gasteiger partial charge on any atom is -0.467 e. The van der Waals surface area contributed by atoms with E-state index in [2.05, 4.69) is 0 Å². The highest BCUT2D eigenvalue weighted by Gasteiger charge is 2.78. The lowest BCUT2D eigenvalue weighted by Crippen LogP contribution is -2.51. The summed E-state index contributed by atoms with van der Waals surface area (Å²) in [6, 6.07) is 0. The predicted octanol–water partition coefficient (Wildman–Crippen LogP) is -0.413. The maximum absolute atomic E-state index is 12.7. The van der Waals surface area contributed by atoms with Gasteiger partial charge < -0.3 is 33.9 Å². The number of esters is 2. The second kappa shape index (κ2) is 6.61. The summed E-state index contributed by atoms with van der Waals surface area (Å²) in [4.78, 5) is 38.0. The van der Waals surface area contributed by atoms with Crippen molar-refractivity contribution in [3.05, 3.63) is 0 Å². The minimum absolute atomic E-state index is 0.0607. The van der Waals surface area contributed by atoms with Gasteiger partial charge in [-0.05, 0) is 13.3 Å². The number of hydrogen-bond acceptors (Lipinski definition) is 10. The second-order valence-electron chi connectivity index (χ2n) is 9.60. The Bertz CT molecular complexity index is 850. The summed E-state index contributed by atoms with van der Waals surface area (Å²) in [5.74, 6) is -4.81. The van der Waals surface area contributed by atoms with E-state index in [9.17, 15) is 24.6 Å². The van der Waals surface area contributed by atoms with Crippen molar-refractivity contribution in [2.75, 3.05) is 13.0 Å². The molecule has 5 fully saturated rings. The molecule has 0 radical (unpaired) electrons. The number of carbonyl (C=O) groups is 3. The van der Waals surface area contributed by atoms with Crippen LogP contribution in [0.15, 0.2) is 0 Å². The van der Waals surface area contributed by atoms with Crippen LogP contribution in [0.3, 0.4) is 0 Å². The van der Waals surface area contributed by atoms with E-state index in [1.165, 1.54) is 0 Å². The molecule has 0 spiro atoms. The van der Waals surface area contributed by atoms with Gasteiger partial charge in [0, 0.05) is 31.6 Å². The van der Waals surface area contributed by atoms with E-state index in [0.717, 1.165) is 7.11 Å². The monoisotopic (exact) mass is 460 g/mol. The van der Waals surface area contributed by atoms with Gasteiger partial charge in [-0.3, -0.25) is 4.79 Å². The molecule has 0 aliphatic carbocycles. The zero-order chi connectivity index (χ0) is 22.4. The third-order valence-electron chi connectivity index (χ3n) is 7.40. The van der Waals surface area contributed by atoms with Crippen molar-refractivity contribution in [1.29, 1.82) is 0 Å². The number of aliphatic hydroxyl groups excluding tert-OH is 1. The molecule has 5 rings (SSSR count). The Morgan fingerprint density at radius 3 is 2.65 bits per heavy atom. The van der Waals surface area contributed by atoms with Crippen LogP contribution in [-0.4, -0.2) is 87.9 Å². The van der Waals surface area contributed by atoms with Gasteiger partial charge in [-0.15, -0.1) is 11.6 Å². The van der Waals surface area contributed by atoms with Crippen LogP contribution in [-0.2, 0) is 38.1 Å². The first kappa shape index (κ1) is 21.5. The van der Waals surface area contributed by atoms with Crippen molar-refractivity contribution in [2.24, 2.45) is 5.92 Å². The maximum Gasteiger partial charge on any atom is 0.344 e. The Labute approximate surface area is 183 Å². The number of methoxy groups -OCH3 is 1. The van der Waals surface area contributed by atoms with Gasteiger partial charge in [0.2, 0.25) is 5.60 Å². The molecule has 5 aliphatic rings. The van der Waals surface area contributed by atoms with Gasteiger partial charge in [-0.1, -0.05) is 0 Å². The van der Waals surface area contributed by atoms with Crippen molar-refractivity contribution < 1.29 is 48.3 Å². The van der Waals surface area contributed by atoms with Crippen LogP contribution in [0.2, 0.25) is 0 Å². The third kappa shape index (κ3) is 2.92. The van der Waals surface area contributed by atoms with Gasteiger partial charge in [-0.2, -0.15) is 0 Å². The number of hydrogen-bond donors (Lipinski definition) is 2. The average molecular weight is 461 g/mol. The molecule has 0 unspecified atom stereocenters. The number of fused-ring (bicyclic) bond motifs is 4. The molecule has 5 aliphatic heterocycles. The number of ketones is 1. The van der Waals surface area contributed by atoms with Gasteiger partial charge in [-0.25, -0.2) is 9.59 Å². The molecule has 2 N–H and O–H groups in total. The first-order chi connectivity index (χ1) is 14.5. The molecule has 9 atom stereocenters. The van der Waals surface area contributed by atoms with Crippen molar-refractivity contribution in [3.8, 4) is 0 Å². The number of epoxide rings is 1. The molecule has 0 aromatic heterocycles. The zero-order valence-corrected chi connectivity index (χ0v) is 17.9. The molecular formula is C20H25ClO10. The number of aliphatic hydroxyl groups is 2. The first-order valence-corrected chi connectivity index (χ1v) is 10.9. The van der Waals surface area contributed by atoms with Gasteiger partial charge in [0.05, 0.1) is 24.7 Å². The van der Waals surface area contributed by atoms with E-state index in [-0.39, 0.29) is 43.8 Å². The molecule has 11 heteroatoms. The molecule has 0 aromatic rings. The fraction of sp³-hybridized carbons (Fsp3) is 0.850. The highest BCUT2D eigenvalue weighted by Crippen LogP contribution is 2.56. The summed E-state index contributed by atoms with van der Waals surface area (Å²) in [6.45, 7) is 1.73. The Balaban J connectivity index is 1.56. The van der Waals surface area contributed by atoms with Gasteiger partial charge >= 0.3 is 11.9 Å². The number of alkyl halides is 1. The van der Waals surface area contributed by atoms with Crippen molar-refractivity contribution in [1.82, 2.24) is 0 Å². The van der Waals surface area contributed by atoms with Crippen LogP contribution in [0.1, 0.15) is 39.0 Å². The molecule has 0 amide bonds. The standard InChI is InChI=1S/C20H25ClO10/c1-17-5-10(22)11(29-17)7-18(26)4-9(19(8-21,31-18)15(24)27-2)3-13(23)20-14(30-20)12(6-17)28-16(20)25/h9,11-14,23,26H,3-8H2,1-2H3/t9-,11+,12+,13-,14-,17+,18+,19+,20-/m1/s1. The van der Waals surface area contributed by atoms with Crippen LogP contribution < -0.4 is 0 Å². The van der Waals surface area contributed by atoms with E-state index >= 15 is 0 Å². The van der Waals surface area contributed by atoms with Crippen LogP contribution in [0.25, 0.3) is 0 Å². The number of ether oxygens (including phenoxy) is 5. The summed E-state index contributed by atoms with van der Waals surface area (Å²) >= 11 is 6.14. The Kier molecular flexibility index (Phi) is 4.60. The van der Waals surface area contributed by atoms with E-state index in [1.807, 2.05) is 0 Å². The average Bonchev–Trinajstić information content (AvgIpc) is 3.22. The summed E-state index contributed by atoms with van der Waals surface area (Å²) in [7, 11) is 1.16. The van der Waals surface area contributed by atoms with Gasteiger partial charge in [0.25, 0.3) is 0 Å². The lowest BCUT2D eigenvalue weighted by Gasteiger charge is -2.32. The van der Waals surface area contributed by atoms with Gasteiger partial charge in [0.15, 0.2) is 17.2 Å². The Hall–Kier alpha value is -1.30. The quantitative estimate of drug-likeness (QED) is 0.317. The molecule has 6 bridgehead atoms.